The van der Waals surface area contributed by atoms with Gasteiger partial charge in [-0.15, -0.1) is 5.10 Å². The van der Waals surface area contributed by atoms with E-state index in [4.69, 9.17) is 4.74 Å². The number of hydrogen-bond donors (Lipinski definition) is 1. The number of amides is 1. The molecular formula is C25H27F3N4O2. The highest BCUT2D eigenvalue weighted by molar-refractivity contribution is 6.11. The monoisotopic (exact) mass is 472 g/mol. The Kier molecular flexibility index (Phi) is 6.24. The average molecular weight is 473 g/mol. The fourth-order valence-electron chi connectivity index (χ4n) is 4.64. The fourth-order valence-corrected chi connectivity index (χ4v) is 4.64. The number of ether oxygens (including phenoxy) is 1. The molecule has 0 fully saturated rings. The minimum absolute atomic E-state index is 0.0258. The second-order valence-electron chi connectivity index (χ2n) is 8.91. The van der Waals surface area contributed by atoms with Crippen molar-refractivity contribution in [3.8, 4) is 0 Å². The van der Waals surface area contributed by atoms with E-state index in [0.29, 0.717) is 29.9 Å². The number of carbonyl (C=O) groups excluding carboxylic acids is 1. The molecule has 34 heavy (non-hydrogen) atoms. The maximum atomic E-state index is 14.7. The molecule has 1 aliphatic rings. The number of rotatable bonds is 7. The van der Waals surface area contributed by atoms with Gasteiger partial charge in [0.25, 0.3) is 6.43 Å². The first kappa shape index (κ1) is 23.9. The molecule has 1 aromatic heterocycles. The quantitative estimate of drug-likeness (QED) is 0.495. The van der Waals surface area contributed by atoms with Gasteiger partial charge in [-0.25, -0.2) is 13.2 Å². The maximum absolute atomic E-state index is 14.7. The molecule has 1 unspecified atom stereocenters. The smallest absolute Gasteiger partial charge is 0.266 e. The molecule has 0 radical (unpaired) electrons. The number of carbonyl (C=O) groups is 1. The highest BCUT2D eigenvalue weighted by Gasteiger charge is 2.46. The molecule has 0 aliphatic carbocycles. The van der Waals surface area contributed by atoms with Gasteiger partial charge in [-0.05, 0) is 44.9 Å². The number of alkyl halides is 2. The van der Waals surface area contributed by atoms with Crippen molar-refractivity contribution in [2.45, 2.75) is 45.1 Å². The van der Waals surface area contributed by atoms with Gasteiger partial charge in [0.05, 0.1) is 22.7 Å². The molecule has 0 bridgehead atoms. The Morgan fingerprint density at radius 1 is 1.18 bits per heavy atom. The van der Waals surface area contributed by atoms with Crippen LogP contribution in [0.15, 0.2) is 30.3 Å². The molecule has 6 nitrogen and oxygen atoms in total. The van der Waals surface area contributed by atoms with Crippen LogP contribution >= 0.6 is 0 Å². The zero-order chi connectivity index (χ0) is 24.8. The van der Waals surface area contributed by atoms with Crippen molar-refractivity contribution in [1.29, 1.82) is 0 Å². The van der Waals surface area contributed by atoms with Crippen LogP contribution < -0.4 is 10.2 Å². The first-order valence-electron chi connectivity index (χ1n) is 11.0. The van der Waals surface area contributed by atoms with Gasteiger partial charge in [-0.2, -0.15) is 5.10 Å². The summed E-state index contributed by atoms with van der Waals surface area (Å²) in [4.78, 5) is 14.8. The van der Waals surface area contributed by atoms with Gasteiger partial charge in [0.2, 0.25) is 5.91 Å². The van der Waals surface area contributed by atoms with Crippen LogP contribution in [-0.4, -0.2) is 36.9 Å². The molecule has 2 aromatic carbocycles. The van der Waals surface area contributed by atoms with E-state index >= 15 is 0 Å². The lowest BCUT2D eigenvalue weighted by atomic mass is 9.80. The molecule has 180 valence electrons. The van der Waals surface area contributed by atoms with Crippen LogP contribution in [0.25, 0.3) is 10.8 Å². The topological polar surface area (TPSA) is 67.3 Å². The first-order valence-corrected chi connectivity index (χ1v) is 11.0. The number of aromatic nitrogens is 2. The molecule has 0 saturated heterocycles. The van der Waals surface area contributed by atoms with Gasteiger partial charge >= 0.3 is 0 Å². The highest BCUT2D eigenvalue weighted by Crippen LogP contribution is 2.46. The number of benzene rings is 2. The minimum Gasteiger partial charge on any atom is -0.385 e. The third-order valence-electron chi connectivity index (χ3n) is 6.73. The van der Waals surface area contributed by atoms with E-state index in [1.165, 1.54) is 12.1 Å². The van der Waals surface area contributed by atoms with Gasteiger partial charge in [0.1, 0.15) is 5.82 Å². The first-order chi connectivity index (χ1) is 16.1. The predicted molar refractivity (Wildman–Crippen MR) is 125 cm³/mol. The molecule has 0 spiro atoms. The zero-order valence-corrected chi connectivity index (χ0v) is 19.7. The number of nitrogens with zero attached hydrogens (tertiary/aromatic N) is 3. The lowest BCUT2D eigenvalue weighted by Gasteiger charge is -2.23. The van der Waals surface area contributed by atoms with Crippen molar-refractivity contribution < 1.29 is 22.7 Å². The van der Waals surface area contributed by atoms with E-state index in [-0.39, 0.29) is 11.5 Å². The summed E-state index contributed by atoms with van der Waals surface area (Å²) in [6.45, 7) is 5.85. The van der Waals surface area contributed by atoms with Crippen LogP contribution in [0.5, 0.6) is 0 Å². The number of nitrogens with one attached hydrogen (secondary N) is 1. The zero-order valence-electron chi connectivity index (χ0n) is 19.7. The van der Waals surface area contributed by atoms with Gasteiger partial charge in [0.15, 0.2) is 5.82 Å². The lowest BCUT2D eigenvalue weighted by Crippen LogP contribution is -2.36. The number of likely N-dealkylation sites (N-methyl/N-ethyl adjacent to an activating group) is 1. The summed E-state index contributed by atoms with van der Waals surface area (Å²) in [6, 6.07) is 7.13. The van der Waals surface area contributed by atoms with Crippen molar-refractivity contribution in [3.63, 3.8) is 0 Å². The summed E-state index contributed by atoms with van der Waals surface area (Å²) in [5.74, 6) is -0.590. The Bertz CT molecular complexity index is 1270. The highest BCUT2D eigenvalue weighted by atomic mass is 19.3. The normalized spacial score (nSPS) is 18.6. The van der Waals surface area contributed by atoms with E-state index in [0.717, 1.165) is 22.7 Å². The van der Waals surface area contributed by atoms with E-state index in [9.17, 15) is 18.0 Å². The summed E-state index contributed by atoms with van der Waals surface area (Å²) in [7, 11) is 3.33. The molecule has 1 amide bonds. The van der Waals surface area contributed by atoms with Gasteiger partial charge in [-0.3, -0.25) is 4.79 Å². The number of anilines is 2. The van der Waals surface area contributed by atoms with Crippen LogP contribution in [0.4, 0.5) is 24.7 Å². The van der Waals surface area contributed by atoms with Crippen molar-refractivity contribution in [2.24, 2.45) is 0 Å². The third-order valence-corrected chi connectivity index (χ3v) is 6.73. The average Bonchev–Trinajstić information content (AvgIpc) is 2.99. The van der Waals surface area contributed by atoms with Crippen LogP contribution in [-0.2, 0) is 14.9 Å². The molecular weight excluding hydrogens is 445 g/mol. The lowest BCUT2D eigenvalue weighted by molar-refractivity contribution is -0.123. The Morgan fingerprint density at radius 2 is 1.88 bits per heavy atom. The number of fused-ring (bicyclic) bond motifs is 2. The molecule has 2 heterocycles. The van der Waals surface area contributed by atoms with Gasteiger partial charge in [0, 0.05) is 42.8 Å². The number of methoxy groups -OCH3 is 1. The second-order valence-corrected chi connectivity index (χ2v) is 8.91. The van der Waals surface area contributed by atoms with Crippen molar-refractivity contribution >= 4 is 28.2 Å². The van der Waals surface area contributed by atoms with Crippen LogP contribution in [0, 0.1) is 12.7 Å². The summed E-state index contributed by atoms with van der Waals surface area (Å²) in [5, 5.41) is 13.1. The van der Waals surface area contributed by atoms with E-state index < -0.39 is 29.3 Å². The SMILES string of the molecule is COCCC1(C)C(=O)N(C)c2cc3c(N[C@H](C)c4cccc(C(F)F)c4F)nnc(C)c3cc21. The van der Waals surface area contributed by atoms with Gasteiger partial charge < -0.3 is 15.0 Å². The molecule has 9 heteroatoms. The predicted octanol–water partition coefficient (Wildman–Crippen LogP) is 5.46. The maximum Gasteiger partial charge on any atom is 0.266 e. The van der Waals surface area contributed by atoms with Crippen molar-refractivity contribution in [3.05, 3.63) is 58.5 Å². The Balaban J connectivity index is 1.79. The third kappa shape index (κ3) is 3.77. The summed E-state index contributed by atoms with van der Waals surface area (Å²) in [5.41, 5.74) is 1.05. The van der Waals surface area contributed by atoms with Crippen LogP contribution in [0.2, 0.25) is 0 Å². The Morgan fingerprint density at radius 3 is 2.56 bits per heavy atom. The summed E-state index contributed by atoms with van der Waals surface area (Å²) in [6.07, 6.45) is -2.37. The molecule has 3 aromatic rings. The van der Waals surface area contributed by atoms with Crippen LogP contribution in [0.1, 0.15) is 55.1 Å². The Labute approximate surface area is 196 Å². The fraction of sp³-hybridized carbons (Fsp3) is 0.400. The van der Waals surface area contributed by atoms with Crippen molar-refractivity contribution in [2.75, 3.05) is 31.0 Å². The number of aryl methyl sites for hydroxylation is 1. The van der Waals surface area contributed by atoms with Gasteiger partial charge in [-0.1, -0.05) is 18.2 Å². The second kappa shape index (κ2) is 8.87. The minimum atomic E-state index is -2.91. The Hall–Kier alpha value is -3.20. The summed E-state index contributed by atoms with van der Waals surface area (Å²) >= 11 is 0. The number of halogens is 3. The molecule has 4 rings (SSSR count). The van der Waals surface area contributed by atoms with Crippen molar-refractivity contribution in [1.82, 2.24) is 10.2 Å². The van der Waals surface area contributed by atoms with E-state index in [2.05, 4.69) is 15.5 Å². The van der Waals surface area contributed by atoms with E-state index in [1.807, 2.05) is 26.0 Å². The van der Waals surface area contributed by atoms with Crippen LogP contribution in [0.3, 0.4) is 0 Å². The largest absolute Gasteiger partial charge is 0.385 e. The standard InChI is InChI=1S/C25H27F3N4O2/c1-13(15-7-6-8-16(21(15)26)22(27)28)29-23-18-12-20-19(11-17(18)14(2)30-31-23)25(3,9-10-34-5)24(33)32(20)4/h6-8,11-13,22H,9-10H2,1-5H3,(H,29,31)/t13-,25?/m1/s1. The molecule has 0 saturated carbocycles. The summed E-state index contributed by atoms with van der Waals surface area (Å²) < 4.78 is 46.3. The molecule has 1 N–H and O–H groups in total. The molecule has 2 atom stereocenters. The van der Waals surface area contributed by atoms with E-state index in [1.54, 1.807) is 26.0 Å². The molecule has 1 aliphatic heterocycles. The number of hydrogen-bond acceptors (Lipinski definition) is 5.